The standard InChI is InChI=1S/C27H41N3O2/c1-28-15-5-8-25(21-28)27(32)30-18-11-22(12-19-30)9-10-26(31)29-16-13-24(14-17-29)20-23-6-3-2-4-7-23/h2-4,6-7,22,24-25H,5,8-21H2,1H3/t25-/m0/s1. The predicted octanol–water partition coefficient (Wildman–Crippen LogP) is 3.83. The normalized spacial score (nSPS) is 24.0. The third-order valence-electron chi connectivity index (χ3n) is 8.00. The van der Waals surface area contributed by atoms with E-state index in [0.717, 1.165) is 90.6 Å². The fourth-order valence-electron chi connectivity index (χ4n) is 5.89. The number of hydrogen-bond donors (Lipinski definition) is 0. The van der Waals surface area contributed by atoms with Gasteiger partial charge in [0, 0.05) is 39.1 Å². The Balaban J connectivity index is 1.12. The summed E-state index contributed by atoms with van der Waals surface area (Å²) >= 11 is 0. The molecule has 3 aliphatic heterocycles. The van der Waals surface area contributed by atoms with Crippen molar-refractivity contribution in [2.24, 2.45) is 17.8 Å². The van der Waals surface area contributed by atoms with E-state index in [0.29, 0.717) is 30.1 Å². The summed E-state index contributed by atoms with van der Waals surface area (Å²) in [7, 11) is 2.12. The minimum atomic E-state index is 0.191. The van der Waals surface area contributed by atoms with Crippen LogP contribution in [0.3, 0.4) is 0 Å². The number of hydrogen-bond acceptors (Lipinski definition) is 3. The Morgan fingerprint density at radius 3 is 2.19 bits per heavy atom. The lowest BCUT2D eigenvalue weighted by Gasteiger charge is -2.37. The highest BCUT2D eigenvalue weighted by molar-refractivity contribution is 5.79. The molecule has 0 unspecified atom stereocenters. The van der Waals surface area contributed by atoms with Gasteiger partial charge in [0.05, 0.1) is 5.92 Å². The second kappa shape index (κ2) is 11.3. The van der Waals surface area contributed by atoms with Crippen LogP contribution in [-0.4, -0.2) is 72.8 Å². The zero-order valence-electron chi connectivity index (χ0n) is 19.9. The molecule has 4 rings (SSSR count). The summed E-state index contributed by atoms with van der Waals surface area (Å²) in [6.45, 7) is 5.61. The second-order valence-electron chi connectivity index (χ2n) is 10.4. The molecule has 5 nitrogen and oxygen atoms in total. The van der Waals surface area contributed by atoms with Crippen LogP contribution < -0.4 is 0 Å². The van der Waals surface area contributed by atoms with Crippen molar-refractivity contribution in [1.82, 2.24) is 14.7 Å². The van der Waals surface area contributed by atoms with Crippen molar-refractivity contribution < 1.29 is 9.59 Å². The van der Waals surface area contributed by atoms with Crippen LogP contribution in [0.15, 0.2) is 30.3 Å². The molecule has 0 saturated carbocycles. The molecule has 0 bridgehead atoms. The fourth-order valence-corrected chi connectivity index (χ4v) is 5.89. The summed E-state index contributed by atoms with van der Waals surface area (Å²) in [4.78, 5) is 32.1. The number of nitrogens with zero attached hydrogens (tertiary/aromatic N) is 3. The van der Waals surface area contributed by atoms with E-state index in [1.165, 1.54) is 5.56 Å². The van der Waals surface area contributed by atoms with Crippen LogP contribution >= 0.6 is 0 Å². The van der Waals surface area contributed by atoms with Gasteiger partial charge in [-0.05, 0) is 82.4 Å². The van der Waals surface area contributed by atoms with Crippen LogP contribution in [-0.2, 0) is 16.0 Å². The Bertz CT molecular complexity index is 737. The Morgan fingerprint density at radius 2 is 1.50 bits per heavy atom. The van der Waals surface area contributed by atoms with E-state index in [-0.39, 0.29) is 5.92 Å². The number of carbonyl (C=O) groups excluding carboxylic acids is 2. The van der Waals surface area contributed by atoms with Gasteiger partial charge in [0.2, 0.25) is 11.8 Å². The van der Waals surface area contributed by atoms with Gasteiger partial charge in [-0.25, -0.2) is 0 Å². The smallest absolute Gasteiger partial charge is 0.226 e. The molecular weight excluding hydrogens is 398 g/mol. The molecule has 3 aliphatic rings. The Morgan fingerprint density at radius 1 is 0.844 bits per heavy atom. The van der Waals surface area contributed by atoms with Crippen LogP contribution in [0.1, 0.15) is 56.9 Å². The molecule has 176 valence electrons. The quantitative estimate of drug-likeness (QED) is 0.677. The van der Waals surface area contributed by atoms with E-state index in [2.05, 4.69) is 52.1 Å². The number of piperidine rings is 3. The number of amides is 2. The average molecular weight is 440 g/mol. The van der Waals surface area contributed by atoms with E-state index in [9.17, 15) is 9.59 Å². The van der Waals surface area contributed by atoms with Crippen LogP contribution in [0.5, 0.6) is 0 Å². The fraction of sp³-hybridized carbons (Fsp3) is 0.704. The van der Waals surface area contributed by atoms with Crippen molar-refractivity contribution in [3.63, 3.8) is 0 Å². The molecule has 2 amide bonds. The summed E-state index contributed by atoms with van der Waals surface area (Å²) in [5.74, 6) is 2.19. The average Bonchev–Trinajstić information content (AvgIpc) is 2.83. The van der Waals surface area contributed by atoms with Crippen LogP contribution in [0.25, 0.3) is 0 Å². The van der Waals surface area contributed by atoms with E-state index in [1.54, 1.807) is 0 Å². The van der Waals surface area contributed by atoms with Gasteiger partial charge in [0.1, 0.15) is 0 Å². The van der Waals surface area contributed by atoms with E-state index in [1.807, 2.05) is 0 Å². The maximum atomic E-state index is 12.9. The summed E-state index contributed by atoms with van der Waals surface area (Å²) < 4.78 is 0. The largest absolute Gasteiger partial charge is 0.343 e. The van der Waals surface area contributed by atoms with Crippen LogP contribution in [0, 0.1) is 17.8 Å². The molecular formula is C27H41N3O2. The Hall–Kier alpha value is -1.88. The minimum Gasteiger partial charge on any atom is -0.343 e. The first-order chi connectivity index (χ1) is 15.6. The molecule has 0 aliphatic carbocycles. The molecule has 5 heteroatoms. The Kier molecular flexibility index (Phi) is 8.23. The van der Waals surface area contributed by atoms with Gasteiger partial charge in [-0.1, -0.05) is 30.3 Å². The monoisotopic (exact) mass is 439 g/mol. The lowest BCUT2D eigenvalue weighted by atomic mass is 9.89. The third-order valence-corrected chi connectivity index (χ3v) is 8.00. The van der Waals surface area contributed by atoms with Crippen molar-refractivity contribution in [3.8, 4) is 0 Å². The Labute approximate surface area is 194 Å². The maximum Gasteiger partial charge on any atom is 0.226 e. The number of rotatable bonds is 6. The molecule has 3 saturated heterocycles. The molecule has 3 fully saturated rings. The second-order valence-corrected chi connectivity index (χ2v) is 10.4. The highest BCUT2D eigenvalue weighted by Gasteiger charge is 2.31. The van der Waals surface area contributed by atoms with E-state index < -0.39 is 0 Å². The first-order valence-electron chi connectivity index (χ1n) is 12.9. The molecule has 1 aromatic carbocycles. The van der Waals surface area contributed by atoms with Crippen molar-refractivity contribution in [1.29, 1.82) is 0 Å². The van der Waals surface area contributed by atoms with E-state index in [4.69, 9.17) is 0 Å². The highest BCUT2D eigenvalue weighted by atomic mass is 16.2. The summed E-state index contributed by atoms with van der Waals surface area (Å²) in [5, 5.41) is 0. The minimum absolute atomic E-state index is 0.191. The number of carbonyl (C=O) groups is 2. The number of likely N-dealkylation sites (tertiary alicyclic amines) is 3. The molecule has 0 spiro atoms. The molecule has 1 aromatic rings. The van der Waals surface area contributed by atoms with Crippen molar-refractivity contribution in [2.75, 3.05) is 46.3 Å². The van der Waals surface area contributed by atoms with Crippen molar-refractivity contribution in [3.05, 3.63) is 35.9 Å². The molecule has 0 aromatic heterocycles. The third kappa shape index (κ3) is 6.34. The molecule has 0 N–H and O–H groups in total. The maximum absolute atomic E-state index is 12.9. The van der Waals surface area contributed by atoms with Gasteiger partial charge in [-0.2, -0.15) is 0 Å². The van der Waals surface area contributed by atoms with Gasteiger partial charge < -0.3 is 14.7 Å². The van der Waals surface area contributed by atoms with Gasteiger partial charge in [0.15, 0.2) is 0 Å². The topological polar surface area (TPSA) is 43.9 Å². The molecule has 32 heavy (non-hydrogen) atoms. The number of benzene rings is 1. The van der Waals surface area contributed by atoms with Crippen molar-refractivity contribution in [2.45, 2.75) is 57.8 Å². The summed E-state index contributed by atoms with van der Waals surface area (Å²) in [6.07, 6.45) is 9.33. The van der Waals surface area contributed by atoms with Crippen molar-refractivity contribution >= 4 is 11.8 Å². The molecule has 1 atom stereocenters. The van der Waals surface area contributed by atoms with Crippen LogP contribution in [0.2, 0.25) is 0 Å². The SMILES string of the molecule is CN1CCC[C@H](C(=O)N2CCC(CCC(=O)N3CCC(Cc4ccccc4)CC3)CC2)C1. The lowest BCUT2D eigenvalue weighted by molar-refractivity contribution is -0.139. The van der Waals surface area contributed by atoms with Crippen LogP contribution in [0.4, 0.5) is 0 Å². The van der Waals surface area contributed by atoms with Gasteiger partial charge in [0.25, 0.3) is 0 Å². The predicted molar refractivity (Wildman–Crippen MR) is 128 cm³/mol. The van der Waals surface area contributed by atoms with Gasteiger partial charge in [-0.15, -0.1) is 0 Å². The van der Waals surface area contributed by atoms with E-state index >= 15 is 0 Å². The first-order valence-corrected chi connectivity index (χ1v) is 12.9. The molecule has 3 heterocycles. The van der Waals surface area contributed by atoms with Gasteiger partial charge >= 0.3 is 0 Å². The molecule has 0 radical (unpaired) electrons. The summed E-state index contributed by atoms with van der Waals surface area (Å²) in [5.41, 5.74) is 1.41. The summed E-state index contributed by atoms with van der Waals surface area (Å²) in [6, 6.07) is 10.7. The highest BCUT2D eigenvalue weighted by Crippen LogP contribution is 2.27. The lowest BCUT2D eigenvalue weighted by Crippen LogP contribution is -2.46. The van der Waals surface area contributed by atoms with Gasteiger partial charge in [-0.3, -0.25) is 9.59 Å². The zero-order valence-corrected chi connectivity index (χ0v) is 19.9. The first kappa shape index (κ1) is 23.3. The zero-order chi connectivity index (χ0) is 22.3.